The third-order valence-corrected chi connectivity index (χ3v) is 3.43. The zero-order valence-electron chi connectivity index (χ0n) is 14.2. The predicted molar refractivity (Wildman–Crippen MR) is 93.9 cm³/mol. The van der Waals surface area contributed by atoms with Crippen LogP contribution in [0.15, 0.2) is 65.8 Å². The summed E-state index contributed by atoms with van der Waals surface area (Å²) in [5, 5.41) is 3.92. The van der Waals surface area contributed by atoms with Crippen LogP contribution in [-0.2, 0) is 9.63 Å². The van der Waals surface area contributed by atoms with E-state index in [0.717, 1.165) is 0 Å². The molecule has 5 nitrogen and oxygen atoms in total. The van der Waals surface area contributed by atoms with Gasteiger partial charge in [0.15, 0.2) is 12.4 Å². The molecule has 24 heavy (non-hydrogen) atoms. The zero-order valence-corrected chi connectivity index (χ0v) is 14.2. The number of hydrogen-bond acceptors (Lipinski definition) is 4. The van der Waals surface area contributed by atoms with Gasteiger partial charge in [0.2, 0.25) is 0 Å². The lowest BCUT2D eigenvalue weighted by Crippen LogP contribution is -2.44. The van der Waals surface area contributed by atoms with E-state index in [0.29, 0.717) is 11.3 Å². The molecule has 0 saturated carbocycles. The molecule has 0 atom stereocenters. The molecule has 2 aromatic rings. The average molecular weight is 326 g/mol. The van der Waals surface area contributed by atoms with Gasteiger partial charge in [0.1, 0.15) is 12.9 Å². The molecule has 0 saturated heterocycles. The number of oxime groups is 1. The summed E-state index contributed by atoms with van der Waals surface area (Å²) in [6, 6.07) is 18.6. The second-order valence-corrected chi connectivity index (χ2v) is 5.44. The Hall–Kier alpha value is -2.82. The molecule has 0 aliphatic carbocycles. The van der Waals surface area contributed by atoms with E-state index in [1.807, 2.05) is 74.5 Å². The standard InChI is InChI=1S/C19H22N2O3/c1-15(2)21(14-24-17-12-8-5-9-13-17)19(22)18(20-23-3)16-10-6-4-7-11-16/h4-13,15H,14H2,1-3H3. The van der Waals surface area contributed by atoms with Crippen LogP contribution in [0.25, 0.3) is 0 Å². The second-order valence-electron chi connectivity index (χ2n) is 5.44. The van der Waals surface area contributed by atoms with Crippen molar-refractivity contribution >= 4 is 11.6 Å². The Kier molecular flexibility index (Phi) is 6.37. The summed E-state index contributed by atoms with van der Waals surface area (Å²) in [6.45, 7) is 4.00. The Morgan fingerprint density at radius 2 is 1.62 bits per heavy atom. The van der Waals surface area contributed by atoms with Gasteiger partial charge in [-0.05, 0) is 26.0 Å². The summed E-state index contributed by atoms with van der Waals surface area (Å²) in [5.41, 5.74) is 0.957. The quantitative estimate of drug-likeness (QED) is 0.445. The molecule has 1 amide bonds. The van der Waals surface area contributed by atoms with Crippen molar-refractivity contribution in [3.8, 4) is 5.75 Å². The lowest BCUT2D eigenvalue weighted by Gasteiger charge is -2.27. The fourth-order valence-corrected chi connectivity index (χ4v) is 2.14. The number of para-hydroxylation sites is 1. The zero-order chi connectivity index (χ0) is 17.4. The van der Waals surface area contributed by atoms with Crippen molar-refractivity contribution in [3.63, 3.8) is 0 Å². The maximum Gasteiger partial charge on any atom is 0.279 e. The minimum absolute atomic E-state index is 0.0491. The van der Waals surface area contributed by atoms with Gasteiger partial charge in [-0.25, -0.2) is 0 Å². The third-order valence-electron chi connectivity index (χ3n) is 3.43. The van der Waals surface area contributed by atoms with Crippen molar-refractivity contribution in [1.29, 1.82) is 0 Å². The number of amides is 1. The summed E-state index contributed by atoms with van der Waals surface area (Å²) in [4.78, 5) is 19.4. The van der Waals surface area contributed by atoms with E-state index in [-0.39, 0.29) is 24.4 Å². The van der Waals surface area contributed by atoms with Crippen LogP contribution in [0.4, 0.5) is 0 Å². The van der Waals surface area contributed by atoms with Crippen LogP contribution in [0.1, 0.15) is 19.4 Å². The SMILES string of the molecule is CON=C(C(=O)N(COc1ccccc1)C(C)C)c1ccccc1. The Labute approximate surface area is 142 Å². The number of hydrogen-bond donors (Lipinski definition) is 0. The third kappa shape index (κ3) is 4.59. The predicted octanol–water partition coefficient (Wildman–Crippen LogP) is 3.31. The van der Waals surface area contributed by atoms with Crippen molar-refractivity contribution in [1.82, 2.24) is 4.90 Å². The first-order valence-corrected chi connectivity index (χ1v) is 7.79. The fourth-order valence-electron chi connectivity index (χ4n) is 2.14. The Morgan fingerprint density at radius 1 is 1.04 bits per heavy atom. The maximum absolute atomic E-state index is 12.9. The van der Waals surface area contributed by atoms with Gasteiger partial charge in [0, 0.05) is 11.6 Å². The molecule has 0 aliphatic rings. The van der Waals surface area contributed by atoms with Gasteiger partial charge in [0.05, 0.1) is 0 Å². The molecule has 0 bridgehead atoms. The average Bonchev–Trinajstić information content (AvgIpc) is 2.61. The lowest BCUT2D eigenvalue weighted by molar-refractivity contribution is -0.128. The molecule has 0 fully saturated rings. The smallest absolute Gasteiger partial charge is 0.279 e. The summed E-state index contributed by atoms with van der Waals surface area (Å²) < 4.78 is 5.72. The van der Waals surface area contributed by atoms with Crippen LogP contribution in [0, 0.1) is 0 Å². The molecular formula is C19H22N2O3. The van der Waals surface area contributed by atoms with E-state index < -0.39 is 0 Å². The number of carbonyl (C=O) groups is 1. The Bertz CT molecular complexity index is 670. The monoisotopic (exact) mass is 326 g/mol. The van der Waals surface area contributed by atoms with Gasteiger partial charge in [-0.3, -0.25) is 4.79 Å². The number of nitrogens with zero attached hydrogens (tertiary/aromatic N) is 2. The van der Waals surface area contributed by atoms with Crippen molar-refractivity contribution in [3.05, 3.63) is 66.2 Å². The van der Waals surface area contributed by atoms with E-state index in [1.54, 1.807) is 4.90 Å². The molecule has 0 aliphatic heterocycles. The normalized spacial score (nSPS) is 11.2. The summed E-state index contributed by atoms with van der Waals surface area (Å²) >= 11 is 0. The molecule has 0 radical (unpaired) electrons. The van der Waals surface area contributed by atoms with E-state index >= 15 is 0 Å². The molecule has 0 spiro atoms. The minimum Gasteiger partial charge on any atom is -0.473 e. The van der Waals surface area contributed by atoms with E-state index in [1.165, 1.54) is 7.11 Å². The Morgan fingerprint density at radius 3 is 2.17 bits per heavy atom. The first kappa shape index (κ1) is 17.5. The molecule has 5 heteroatoms. The topological polar surface area (TPSA) is 51.1 Å². The minimum atomic E-state index is -0.242. The van der Waals surface area contributed by atoms with Crippen molar-refractivity contribution in [2.24, 2.45) is 5.16 Å². The van der Waals surface area contributed by atoms with E-state index in [2.05, 4.69) is 5.16 Å². The number of carbonyl (C=O) groups excluding carboxylic acids is 1. The second kappa shape index (κ2) is 8.72. The maximum atomic E-state index is 12.9. The van der Waals surface area contributed by atoms with Crippen LogP contribution in [0.2, 0.25) is 0 Å². The first-order chi connectivity index (χ1) is 11.6. The van der Waals surface area contributed by atoms with Crippen molar-refractivity contribution in [2.45, 2.75) is 19.9 Å². The highest BCUT2D eigenvalue weighted by Crippen LogP contribution is 2.12. The molecule has 2 aromatic carbocycles. The number of ether oxygens (including phenoxy) is 1. The molecule has 126 valence electrons. The van der Waals surface area contributed by atoms with Crippen molar-refractivity contribution in [2.75, 3.05) is 13.8 Å². The number of rotatable bonds is 7. The Balaban J connectivity index is 2.19. The fraction of sp³-hybridized carbons (Fsp3) is 0.263. The van der Waals surface area contributed by atoms with Gasteiger partial charge >= 0.3 is 0 Å². The van der Waals surface area contributed by atoms with Crippen LogP contribution in [0.5, 0.6) is 5.75 Å². The van der Waals surface area contributed by atoms with Crippen LogP contribution in [-0.4, -0.2) is 36.4 Å². The lowest BCUT2D eigenvalue weighted by atomic mass is 10.1. The van der Waals surface area contributed by atoms with Crippen LogP contribution < -0.4 is 4.74 Å². The van der Waals surface area contributed by atoms with Gasteiger partial charge in [0.25, 0.3) is 5.91 Å². The number of benzene rings is 2. The largest absolute Gasteiger partial charge is 0.473 e. The summed E-state index contributed by atoms with van der Waals surface area (Å²) in [5.74, 6) is 0.467. The molecule has 0 unspecified atom stereocenters. The van der Waals surface area contributed by atoms with Gasteiger partial charge in [-0.1, -0.05) is 53.7 Å². The molecule has 0 N–H and O–H groups in total. The van der Waals surface area contributed by atoms with Crippen LogP contribution in [0.3, 0.4) is 0 Å². The first-order valence-electron chi connectivity index (χ1n) is 7.79. The summed E-state index contributed by atoms with van der Waals surface area (Å²) in [7, 11) is 1.43. The highest BCUT2D eigenvalue weighted by molar-refractivity contribution is 6.45. The molecule has 0 heterocycles. The highest BCUT2D eigenvalue weighted by atomic mass is 16.6. The van der Waals surface area contributed by atoms with Crippen molar-refractivity contribution < 1.29 is 14.4 Å². The highest BCUT2D eigenvalue weighted by Gasteiger charge is 2.24. The van der Waals surface area contributed by atoms with Gasteiger partial charge in [-0.15, -0.1) is 0 Å². The van der Waals surface area contributed by atoms with E-state index in [9.17, 15) is 4.79 Å². The van der Waals surface area contributed by atoms with Gasteiger partial charge in [-0.2, -0.15) is 0 Å². The van der Waals surface area contributed by atoms with Gasteiger partial charge < -0.3 is 14.5 Å². The summed E-state index contributed by atoms with van der Waals surface area (Å²) in [6.07, 6.45) is 0. The van der Waals surface area contributed by atoms with Crippen LogP contribution >= 0.6 is 0 Å². The molecule has 0 aromatic heterocycles. The van der Waals surface area contributed by atoms with E-state index in [4.69, 9.17) is 9.57 Å². The molecule has 2 rings (SSSR count). The molecular weight excluding hydrogens is 304 g/mol.